The van der Waals surface area contributed by atoms with Gasteiger partial charge in [0, 0.05) is 13.7 Å². The van der Waals surface area contributed by atoms with Gasteiger partial charge in [0.1, 0.15) is 6.61 Å². The van der Waals surface area contributed by atoms with Crippen molar-refractivity contribution in [3.63, 3.8) is 0 Å². The third-order valence-corrected chi connectivity index (χ3v) is 3.16. The van der Waals surface area contributed by atoms with Crippen LogP contribution in [0.1, 0.15) is 39.0 Å². The van der Waals surface area contributed by atoms with E-state index in [1.165, 1.54) is 0 Å². The molecule has 1 N–H and O–H groups in total. The number of carbonyl (C=O) groups is 1. The van der Waals surface area contributed by atoms with Crippen LogP contribution in [0.3, 0.4) is 0 Å². The van der Waals surface area contributed by atoms with Crippen molar-refractivity contribution >= 4 is 5.91 Å². The Morgan fingerprint density at radius 1 is 1.44 bits per heavy atom. The van der Waals surface area contributed by atoms with E-state index in [1.54, 1.807) is 11.9 Å². The summed E-state index contributed by atoms with van der Waals surface area (Å²) in [5.74, 6) is -0.0283. The molecule has 4 nitrogen and oxygen atoms in total. The van der Waals surface area contributed by atoms with Crippen LogP contribution in [0.2, 0.25) is 0 Å². The van der Waals surface area contributed by atoms with Crippen molar-refractivity contribution in [3.05, 3.63) is 0 Å². The number of likely N-dealkylation sites (N-methyl/N-ethyl adjacent to an activating group) is 1. The average Bonchev–Trinajstić information content (AvgIpc) is 2.29. The summed E-state index contributed by atoms with van der Waals surface area (Å²) >= 11 is 0. The van der Waals surface area contributed by atoms with Crippen molar-refractivity contribution in [2.75, 3.05) is 20.3 Å². The standard InChI is InChI=1S/C12H23NO3/c1-3-8-16-9-12(15)13(2)10-6-4-5-7-11(10)14/h10-11,14H,3-9H2,1-2H3. The molecule has 0 saturated heterocycles. The molecule has 4 heteroatoms. The van der Waals surface area contributed by atoms with Crippen LogP contribution in [0.15, 0.2) is 0 Å². The predicted molar refractivity (Wildman–Crippen MR) is 62.1 cm³/mol. The van der Waals surface area contributed by atoms with Gasteiger partial charge in [-0.25, -0.2) is 0 Å². The molecule has 0 aromatic rings. The SMILES string of the molecule is CCCOCC(=O)N(C)C1CCCCC1O. The van der Waals surface area contributed by atoms with E-state index in [9.17, 15) is 9.90 Å². The zero-order valence-electron chi connectivity index (χ0n) is 10.3. The lowest BCUT2D eigenvalue weighted by Crippen LogP contribution is -2.47. The van der Waals surface area contributed by atoms with E-state index in [-0.39, 0.29) is 24.7 Å². The highest BCUT2D eigenvalue weighted by molar-refractivity contribution is 5.77. The van der Waals surface area contributed by atoms with E-state index < -0.39 is 0 Å². The predicted octanol–water partition coefficient (Wildman–Crippen LogP) is 1.17. The smallest absolute Gasteiger partial charge is 0.248 e. The molecule has 1 rings (SSSR count). The number of nitrogens with zero attached hydrogens (tertiary/aromatic N) is 1. The number of ether oxygens (including phenoxy) is 1. The summed E-state index contributed by atoms with van der Waals surface area (Å²) in [4.78, 5) is 13.4. The Kier molecular flexibility index (Phi) is 5.77. The number of amides is 1. The Balaban J connectivity index is 2.36. The molecule has 1 saturated carbocycles. The van der Waals surface area contributed by atoms with Gasteiger partial charge in [0.25, 0.3) is 0 Å². The molecule has 0 spiro atoms. The van der Waals surface area contributed by atoms with Crippen molar-refractivity contribution in [2.45, 2.75) is 51.2 Å². The Hall–Kier alpha value is -0.610. The van der Waals surface area contributed by atoms with Crippen LogP contribution in [0.25, 0.3) is 0 Å². The lowest BCUT2D eigenvalue weighted by molar-refractivity contribution is -0.140. The largest absolute Gasteiger partial charge is 0.391 e. The second-order valence-corrected chi connectivity index (χ2v) is 4.48. The number of carbonyl (C=O) groups excluding carboxylic acids is 1. The first kappa shape index (κ1) is 13.5. The molecule has 2 atom stereocenters. The van der Waals surface area contributed by atoms with Gasteiger partial charge >= 0.3 is 0 Å². The highest BCUT2D eigenvalue weighted by Gasteiger charge is 2.29. The molecule has 1 fully saturated rings. The van der Waals surface area contributed by atoms with Crippen LogP contribution < -0.4 is 0 Å². The van der Waals surface area contributed by atoms with Gasteiger partial charge in [-0.15, -0.1) is 0 Å². The fourth-order valence-electron chi connectivity index (χ4n) is 2.13. The monoisotopic (exact) mass is 229 g/mol. The number of aliphatic hydroxyl groups is 1. The van der Waals surface area contributed by atoms with Gasteiger partial charge in [-0.3, -0.25) is 4.79 Å². The topological polar surface area (TPSA) is 49.8 Å². The first-order valence-corrected chi connectivity index (χ1v) is 6.18. The van der Waals surface area contributed by atoms with Crippen LogP contribution in [-0.4, -0.2) is 48.3 Å². The third kappa shape index (κ3) is 3.76. The van der Waals surface area contributed by atoms with Gasteiger partial charge in [-0.05, 0) is 19.3 Å². The number of rotatable bonds is 5. The molecule has 0 heterocycles. The number of aliphatic hydroxyl groups excluding tert-OH is 1. The summed E-state index contributed by atoms with van der Waals surface area (Å²) in [6.07, 6.45) is 4.41. The average molecular weight is 229 g/mol. The molecule has 94 valence electrons. The number of hydrogen-bond acceptors (Lipinski definition) is 3. The zero-order valence-corrected chi connectivity index (χ0v) is 10.3. The minimum atomic E-state index is -0.367. The van der Waals surface area contributed by atoms with E-state index in [2.05, 4.69) is 0 Å². The molecule has 16 heavy (non-hydrogen) atoms. The summed E-state index contributed by atoms with van der Waals surface area (Å²) < 4.78 is 5.22. The van der Waals surface area contributed by atoms with E-state index in [0.717, 1.165) is 32.1 Å². The summed E-state index contributed by atoms with van der Waals surface area (Å²) in [6, 6.07) is -0.0218. The van der Waals surface area contributed by atoms with E-state index in [4.69, 9.17) is 4.74 Å². The van der Waals surface area contributed by atoms with Gasteiger partial charge in [-0.2, -0.15) is 0 Å². The van der Waals surface area contributed by atoms with Gasteiger partial charge in [0.05, 0.1) is 12.1 Å². The second-order valence-electron chi connectivity index (χ2n) is 4.48. The van der Waals surface area contributed by atoms with Crippen molar-refractivity contribution in [2.24, 2.45) is 0 Å². The first-order valence-electron chi connectivity index (χ1n) is 6.18. The van der Waals surface area contributed by atoms with Gasteiger partial charge in [-0.1, -0.05) is 19.8 Å². The van der Waals surface area contributed by atoms with Crippen molar-refractivity contribution < 1.29 is 14.6 Å². The Bertz CT molecular complexity index is 220. The normalized spacial score (nSPS) is 25.4. The fraction of sp³-hybridized carbons (Fsp3) is 0.917. The molecule has 1 aliphatic rings. The van der Waals surface area contributed by atoms with Crippen LogP contribution in [0.5, 0.6) is 0 Å². The van der Waals surface area contributed by atoms with E-state index in [0.29, 0.717) is 6.61 Å². The van der Waals surface area contributed by atoms with Crippen LogP contribution >= 0.6 is 0 Å². The van der Waals surface area contributed by atoms with Crippen LogP contribution in [-0.2, 0) is 9.53 Å². The minimum absolute atomic E-state index is 0.0218. The lowest BCUT2D eigenvalue weighted by Gasteiger charge is -2.35. The first-order chi connectivity index (χ1) is 7.66. The van der Waals surface area contributed by atoms with E-state index >= 15 is 0 Å². The molecule has 2 unspecified atom stereocenters. The van der Waals surface area contributed by atoms with Crippen molar-refractivity contribution in [1.29, 1.82) is 0 Å². The maximum atomic E-state index is 11.8. The second kappa shape index (κ2) is 6.86. The zero-order chi connectivity index (χ0) is 12.0. The van der Waals surface area contributed by atoms with E-state index in [1.807, 2.05) is 6.92 Å². The molecule has 0 radical (unpaired) electrons. The minimum Gasteiger partial charge on any atom is -0.391 e. The highest BCUT2D eigenvalue weighted by Crippen LogP contribution is 2.22. The molecule has 0 aromatic carbocycles. The van der Waals surface area contributed by atoms with Crippen LogP contribution in [0.4, 0.5) is 0 Å². The quantitative estimate of drug-likeness (QED) is 0.720. The van der Waals surface area contributed by atoms with Gasteiger partial charge in [0.15, 0.2) is 0 Å². The molecule has 0 aromatic heterocycles. The maximum Gasteiger partial charge on any atom is 0.248 e. The Labute approximate surface area is 97.6 Å². The molecule has 1 aliphatic carbocycles. The number of hydrogen-bond donors (Lipinski definition) is 1. The van der Waals surface area contributed by atoms with Gasteiger partial charge < -0.3 is 14.7 Å². The fourth-order valence-corrected chi connectivity index (χ4v) is 2.13. The maximum absolute atomic E-state index is 11.8. The molecule has 1 amide bonds. The van der Waals surface area contributed by atoms with Gasteiger partial charge in [0.2, 0.25) is 5.91 Å². The highest BCUT2D eigenvalue weighted by atomic mass is 16.5. The molecular weight excluding hydrogens is 206 g/mol. The van der Waals surface area contributed by atoms with Crippen LogP contribution in [0, 0.1) is 0 Å². The summed E-state index contributed by atoms with van der Waals surface area (Å²) in [5, 5.41) is 9.83. The van der Waals surface area contributed by atoms with Crippen molar-refractivity contribution in [3.8, 4) is 0 Å². The molecule has 0 bridgehead atoms. The van der Waals surface area contributed by atoms with Crippen molar-refractivity contribution in [1.82, 2.24) is 4.90 Å². The molecular formula is C12H23NO3. The lowest BCUT2D eigenvalue weighted by atomic mass is 9.91. The summed E-state index contributed by atoms with van der Waals surface area (Å²) in [6.45, 7) is 2.76. The Morgan fingerprint density at radius 3 is 2.75 bits per heavy atom. The summed E-state index contributed by atoms with van der Waals surface area (Å²) in [7, 11) is 1.76. The molecule has 0 aliphatic heterocycles. The summed E-state index contributed by atoms with van der Waals surface area (Å²) in [5.41, 5.74) is 0. The third-order valence-electron chi connectivity index (χ3n) is 3.16. The Morgan fingerprint density at radius 2 is 2.12 bits per heavy atom.